The molecule has 0 saturated carbocycles. The molecular weight excluding hydrogens is 170 g/mol. The van der Waals surface area contributed by atoms with E-state index in [0.717, 1.165) is 39.0 Å². The summed E-state index contributed by atoms with van der Waals surface area (Å²) in [6.07, 6.45) is 3.18. The van der Waals surface area contributed by atoms with Crippen LogP contribution in [0.2, 0.25) is 6.55 Å². The maximum atomic E-state index is 5.51. The molecule has 0 rings (SSSR count). The first-order chi connectivity index (χ1) is 5.81. The number of unbranched alkanes of at least 4 members (excludes halogenated alkanes) is 1. The summed E-state index contributed by atoms with van der Waals surface area (Å²) in [5.41, 5.74) is 5.35. The highest BCUT2D eigenvalue weighted by Crippen LogP contribution is 1.94. The van der Waals surface area contributed by atoms with Gasteiger partial charge in [0, 0.05) is 13.2 Å². The molecule has 0 bridgehead atoms. The summed E-state index contributed by atoms with van der Waals surface area (Å²) in [4.78, 5) is 0. The summed E-state index contributed by atoms with van der Waals surface area (Å²) < 4.78 is 11.0. The van der Waals surface area contributed by atoms with Gasteiger partial charge in [-0.05, 0) is 32.4 Å². The van der Waals surface area contributed by atoms with Crippen molar-refractivity contribution in [1.82, 2.24) is 0 Å². The predicted molar refractivity (Wildman–Crippen MR) is 53.5 cm³/mol. The molecule has 12 heavy (non-hydrogen) atoms. The van der Waals surface area contributed by atoms with Gasteiger partial charge in [0.2, 0.25) is 0 Å². The Labute approximate surface area is 77.1 Å². The second-order valence-corrected chi connectivity index (χ2v) is 4.61. The van der Waals surface area contributed by atoms with Crippen LogP contribution in [0.15, 0.2) is 0 Å². The monoisotopic (exact) mass is 191 g/mol. The van der Waals surface area contributed by atoms with Gasteiger partial charge in [-0.3, -0.25) is 0 Å². The molecule has 4 heteroatoms. The fourth-order valence-corrected chi connectivity index (χ4v) is 1.99. The van der Waals surface area contributed by atoms with E-state index >= 15 is 0 Å². The molecule has 1 atom stereocenters. The number of hydrogen-bond acceptors (Lipinski definition) is 3. The van der Waals surface area contributed by atoms with Gasteiger partial charge in [0.1, 0.15) is 0 Å². The topological polar surface area (TPSA) is 44.5 Å². The van der Waals surface area contributed by atoms with Gasteiger partial charge < -0.3 is 14.6 Å². The Morgan fingerprint density at radius 1 is 1.17 bits per heavy atom. The van der Waals surface area contributed by atoms with Gasteiger partial charge in [0.15, 0.2) is 0 Å². The molecule has 0 aliphatic carbocycles. The summed E-state index contributed by atoms with van der Waals surface area (Å²) in [6, 6.07) is 0. The third-order valence-electron chi connectivity index (χ3n) is 1.51. The Morgan fingerprint density at radius 2 is 1.83 bits per heavy atom. The molecule has 0 spiro atoms. The minimum absolute atomic E-state index is 0.759. The molecule has 0 radical (unpaired) electrons. The van der Waals surface area contributed by atoms with Gasteiger partial charge in [0.25, 0.3) is 0 Å². The third kappa shape index (κ3) is 8.20. The van der Waals surface area contributed by atoms with Crippen LogP contribution < -0.4 is 5.73 Å². The number of nitrogens with two attached hydrogens (primary N) is 1. The van der Waals surface area contributed by atoms with Crippen LogP contribution in [0.25, 0.3) is 0 Å². The zero-order valence-corrected chi connectivity index (χ0v) is 9.37. The number of rotatable bonds is 8. The summed E-state index contributed by atoms with van der Waals surface area (Å²) in [7, 11) is -1.30. The Balaban J connectivity index is 3.02. The van der Waals surface area contributed by atoms with Crippen LogP contribution in [0.4, 0.5) is 0 Å². The highest BCUT2D eigenvalue weighted by molar-refractivity contribution is 6.42. The smallest absolute Gasteiger partial charge is 0.318 e. The standard InChI is InChI=1S/C8H21NO2Si/c1-3-7-10-12(2)11-8-5-4-6-9/h12H,3-9H2,1-2H3. The highest BCUT2D eigenvalue weighted by atomic mass is 28.3. The minimum Gasteiger partial charge on any atom is -0.397 e. The maximum absolute atomic E-state index is 5.51. The maximum Gasteiger partial charge on any atom is 0.318 e. The normalized spacial score (nSPS) is 13.2. The van der Waals surface area contributed by atoms with Gasteiger partial charge >= 0.3 is 9.28 Å². The molecule has 0 aromatic heterocycles. The number of hydrogen-bond donors (Lipinski definition) is 1. The van der Waals surface area contributed by atoms with Crippen molar-refractivity contribution in [3.05, 3.63) is 0 Å². The van der Waals surface area contributed by atoms with E-state index in [1.807, 2.05) is 0 Å². The second-order valence-electron chi connectivity index (χ2n) is 2.80. The van der Waals surface area contributed by atoms with Crippen LogP contribution in [-0.4, -0.2) is 29.0 Å². The van der Waals surface area contributed by atoms with E-state index in [0.29, 0.717) is 0 Å². The van der Waals surface area contributed by atoms with Gasteiger partial charge in [0.05, 0.1) is 0 Å². The van der Waals surface area contributed by atoms with E-state index in [1.165, 1.54) is 0 Å². The van der Waals surface area contributed by atoms with E-state index in [-0.39, 0.29) is 0 Å². The van der Waals surface area contributed by atoms with Crippen molar-refractivity contribution in [3.63, 3.8) is 0 Å². The van der Waals surface area contributed by atoms with Crippen LogP contribution >= 0.6 is 0 Å². The first-order valence-electron chi connectivity index (χ1n) is 4.74. The third-order valence-corrected chi connectivity index (χ3v) is 2.92. The zero-order valence-electron chi connectivity index (χ0n) is 8.21. The highest BCUT2D eigenvalue weighted by Gasteiger charge is 2.03. The molecule has 0 amide bonds. The van der Waals surface area contributed by atoms with E-state index in [2.05, 4.69) is 13.5 Å². The molecule has 2 N–H and O–H groups in total. The van der Waals surface area contributed by atoms with E-state index in [4.69, 9.17) is 14.6 Å². The van der Waals surface area contributed by atoms with E-state index in [9.17, 15) is 0 Å². The zero-order chi connectivity index (χ0) is 9.23. The summed E-state index contributed by atoms with van der Waals surface area (Å²) >= 11 is 0. The molecule has 0 aliphatic rings. The molecule has 0 saturated heterocycles. The molecule has 0 aromatic rings. The lowest BCUT2D eigenvalue weighted by Crippen LogP contribution is -2.20. The Bertz CT molecular complexity index is 93.1. The van der Waals surface area contributed by atoms with Crippen molar-refractivity contribution in [2.45, 2.75) is 32.7 Å². The fraction of sp³-hybridized carbons (Fsp3) is 1.00. The molecular formula is C8H21NO2Si. The van der Waals surface area contributed by atoms with E-state index < -0.39 is 9.28 Å². The van der Waals surface area contributed by atoms with Crippen LogP contribution in [0.3, 0.4) is 0 Å². The van der Waals surface area contributed by atoms with Crippen LogP contribution in [0.1, 0.15) is 26.2 Å². The largest absolute Gasteiger partial charge is 0.397 e. The average Bonchev–Trinajstić information content (AvgIpc) is 2.09. The van der Waals surface area contributed by atoms with Crippen LogP contribution in [-0.2, 0) is 8.85 Å². The first kappa shape index (κ1) is 12.1. The van der Waals surface area contributed by atoms with Crippen LogP contribution in [0, 0.1) is 0 Å². The summed E-state index contributed by atoms with van der Waals surface area (Å²) in [5, 5.41) is 0. The SMILES string of the molecule is CCCO[SiH](C)OCCCCN. The summed E-state index contributed by atoms with van der Waals surface area (Å²) in [6.45, 7) is 6.58. The van der Waals surface area contributed by atoms with Crippen molar-refractivity contribution >= 4 is 9.28 Å². The minimum atomic E-state index is -1.30. The first-order valence-corrected chi connectivity index (χ1v) is 6.84. The predicted octanol–water partition coefficient (Wildman–Crippen LogP) is 1.02. The lowest BCUT2D eigenvalue weighted by molar-refractivity contribution is 0.199. The average molecular weight is 191 g/mol. The molecule has 0 heterocycles. The van der Waals surface area contributed by atoms with Crippen LogP contribution in [0.5, 0.6) is 0 Å². The van der Waals surface area contributed by atoms with Crippen molar-refractivity contribution in [3.8, 4) is 0 Å². The van der Waals surface area contributed by atoms with Crippen molar-refractivity contribution in [2.75, 3.05) is 19.8 Å². The van der Waals surface area contributed by atoms with Crippen molar-refractivity contribution in [1.29, 1.82) is 0 Å². The molecule has 3 nitrogen and oxygen atoms in total. The van der Waals surface area contributed by atoms with Gasteiger partial charge in [-0.15, -0.1) is 0 Å². The van der Waals surface area contributed by atoms with Crippen molar-refractivity contribution < 1.29 is 8.85 Å². The van der Waals surface area contributed by atoms with Crippen molar-refractivity contribution in [2.24, 2.45) is 5.73 Å². The van der Waals surface area contributed by atoms with Gasteiger partial charge in [-0.1, -0.05) is 6.92 Å². The molecule has 74 valence electrons. The van der Waals surface area contributed by atoms with Gasteiger partial charge in [-0.2, -0.15) is 0 Å². The van der Waals surface area contributed by atoms with Gasteiger partial charge in [-0.25, -0.2) is 0 Å². The molecule has 0 aliphatic heterocycles. The Morgan fingerprint density at radius 3 is 2.42 bits per heavy atom. The molecule has 0 fully saturated rings. The fourth-order valence-electron chi connectivity index (χ4n) is 0.828. The molecule has 1 unspecified atom stereocenters. The molecule has 0 aromatic carbocycles. The quantitative estimate of drug-likeness (QED) is 0.460. The Hall–Kier alpha value is 0.0969. The summed E-state index contributed by atoms with van der Waals surface area (Å²) in [5.74, 6) is 0. The van der Waals surface area contributed by atoms with E-state index in [1.54, 1.807) is 0 Å². The lowest BCUT2D eigenvalue weighted by Gasteiger charge is -2.11. The lowest BCUT2D eigenvalue weighted by atomic mass is 10.3. The second kappa shape index (κ2) is 9.19. The Kier molecular flexibility index (Phi) is 9.26.